The number of nitro groups is 1. The molecule has 9 nitrogen and oxygen atoms in total. The Hall–Kier alpha value is -2.65. The van der Waals surface area contributed by atoms with Crippen molar-refractivity contribution in [3.8, 4) is 11.8 Å². The summed E-state index contributed by atoms with van der Waals surface area (Å²) in [6.07, 6.45) is -0.215. The highest BCUT2D eigenvalue weighted by Gasteiger charge is 2.34. The van der Waals surface area contributed by atoms with E-state index >= 15 is 0 Å². The Morgan fingerprint density at radius 1 is 1.46 bits per heavy atom. The molecule has 0 saturated heterocycles. The lowest BCUT2D eigenvalue weighted by Crippen LogP contribution is -2.43. The van der Waals surface area contributed by atoms with Crippen LogP contribution in [-0.4, -0.2) is 45.5 Å². The molecule has 0 aliphatic carbocycles. The number of ether oxygens (including phenoxy) is 3. The molecule has 0 spiro atoms. The van der Waals surface area contributed by atoms with E-state index in [1.165, 1.54) is 10.8 Å². The molecule has 0 radical (unpaired) electrons. The molecule has 1 aliphatic heterocycles. The van der Waals surface area contributed by atoms with Crippen molar-refractivity contribution in [2.45, 2.75) is 25.4 Å². The van der Waals surface area contributed by atoms with Crippen LogP contribution in [0.2, 0.25) is 0 Å². The topological polar surface area (TPSA) is 109 Å². The van der Waals surface area contributed by atoms with Gasteiger partial charge < -0.3 is 29.4 Å². The van der Waals surface area contributed by atoms with Crippen molar-refractivity contribution in [3.63, 3.8) is 0 Å². The van der Waals surface area contributed by atoms with E-state index in [4.69, 9.17) is 14.2 Å². The van der Waals surface area contributed by atoms with E-state index < -0.39 is 17.1 Å². The first-order valence-corrected chi connectivity index (χ1v) is 7.34. The Labute approximate surface area is 137 Å². The number of fused-ring (bicyclic) bond motifs is 1. The SMILES string of the molecule is COc1ccc(COC[C@@H]2Oc3nc([N+](=O)[O-])cn3C[C@H]2O)cc1. The normalized spacial score (nSPS) is 19.4. The van der Waals surface area contributed by atoms with Gasteiger partial charge in [0.2, 0.25) is 0 Å². The molecule has 0 fully saturated rings. The molecule has 0 bridgehead atoms. The molecule has 1 aromatic heterocycles. The van der Waals surface area contributed by atoms with Gasteiger partial charge in [-0.2, -0.15) is 0 Å². The van der Waals surface area contributed by atoms with Gasteiger partial charge in [0.15, 0.2) is 6.10 Å². The minimum atomic E-state index is -0.831. The standard InChI is InChI=1S/C15H17N3O6/c1-22-11-4-2-10(3-5-11)8-23-9-13-12(19)6-17-7-14(18(20)21)16-15(17)24-13/h2-5,7,12-13,19H,6,8-9H2,1H3/t12-,13+/m1/s1. The summed E-state index contributed by atoms with van der Waals surface area (Å²) in [4.78, 5) is 13.9. The van der Waals surface area contributed by atoms with Gasteiger partial charge >= 0.3 is 11.8 Å². The summed E-state index contributed by atoms with van der Waals surface area (Å²) < 4.78 is 17.6. The number of benzene rings is 1. The maximum Gasteiger partial charge on any atom is 0.414 e. The van der Waals surface area contributed by atoms with Gasteiger partial charge in [-0.1, -0.05) is 12.1 Å². The van der Waals surface area contributed by atoms with Crippen LogP contribution in [0.1, 0.15) is 5.56 Å². The van der Waals surface area contributed by atoms with Crippen LogP contribution in [0, 0.1) is 10.1 Å². The van der Waals surface area contributed by atoms with Crippen LogP contribution < -0.4 is 9.47 Å². The number of aromatic nitrogens is 2. The van der Waals surface area contributed by atoms with Crippen molar-refractivity contribution in [2.24, 2.45) is 0 Å². The fraction of sp³-hybridized carbons (Fsp3) is 0.400. The minimum absolute atomic E-state index is 0.116. The molecule has 1 aromatic carbocycles. The van der Waals surface area contributed by atoms with Crippen LogP contribution in [0.25, 0.3) is 0 Å². The molecule has 2 heterocycles. The maximum atomic E-state index is 10.7. The number of rotatable bonds is 6. The first-order valence-electron chi connectivity index (χ1n) is 7.34. The third-order valence-electron chi connectivity index (χ3n) is 3.69. The van der Waals surface area contributed by atoms with Crippen LogP contribution in [0.5, 0.6) is 11.8 Å². The van der Waals surface area contributed by atoms with Crippen LogP contribution in [0.3, 0.4) is 0 Å². The molecule has 1 aliphatic rings. The summed E-state index contributed by atoms with van der Waals surface area (Å²) in [6, 6.07) is 7.55. The molecule has 128 valence electrons. The number of hydrogen-bond acceptors (Lipinski definition) is 7. The molecular weight excluding hydrogens is 318 g/mol. The highest BCUT2D eigenvalue weighted by atomic mass is 16.6. The highest BCUT2D eigenvalue weighted by molar-refractivity contribution is 5.26. The molecule has 2 aromatic rings. The number of methoxy groups -OCH3 is 1. The average Bonchev–Trinajstić information content (AvgIpc) is 2.98. The van der Waals surface area contributed by atoms with Crippen molar-refractivity contribution in [1.82, 2.24) is 9.55 Å². The van der Waals surface area contributed by atoms with Crippen LogP contribution in [-0.2, 0) is 17.9 Å². The summed E-state index contributed by atoms with van der Waals surface area (Å²) in [7, 11) is 1.60. The summed E-state index contributed by atoms with van der Waals surface area (Å²) in [5.41, 5.74) is 0.957. The van der Waals surface area contributed by atoms with E-state index in [-0.39, 0.29) is 25.0 Å². The van der Waals surface area contributed by atoms with E-state index in [0.717, 1.165) is 11.3 Å². The smallest absolute Gasteiger partial charge is 0.414 e. The number of imidazole rings is 1. The van der Waals surface area contributed by atoms with Crippen molar-refractivity contribution in [1.29, 1.82) is 0 Å². The van der Waals surface area contributed by atoms with E-state index in [1.807, 2.05) is 24.3 Å². The molecule has 2 atom stereocenters. The largest absolute Gasteiger partial charge is 0.497 e. The molecule has 9 heteroatoms. The van der Waals surface area contributed by atoms with E-state index in [1.54, 1.807) is 7.11 Å². The first kappa shape index (κ1) is 16.2. The van der Waals surface area contributed by atoms with Crippen molar-refractivity contribution in [3.05, 3.63) is 46.1 Å². The zero-order valence-corrected chi connectivity index (χ0v) is 13.0. The third kappa shape index (κ3) is 3.47. The van der Waals surface area contributed by atoms with Gasteiger partial charge in [-0.3, -0.25) is 4.57 Å². The minimum Gasteiger partial charge on any atom is -0.497 e. The van der Waals surface area contributed by atoms with Crippen molar-refractivity contribution >= 4 is 5.82 Å². The summed E-state index contributed by atoms with van der Waals surface area (Å²) >= 11 is 0. The Kier molecular flexibility index (Phi) is 4.63. The van der Waals surface area contributed by atoms with Gasteiger partial charge in [0.1, 0.15) is 18.1 Å². The van der Waals surface area contributed by atoms with Gasteiger partial charge in [-0.15, -0.1) is 0 Å². The molecule has 0 saturated carbocycles. The Morgan fingerprint density at radius 3 is 2.88 bits per heavy atom. The fourth-order valence-corrected chi connectivity index (χ4v) is 2.39. The van der Waals surface area contributed by atoms with Crippen LogP contribution in [0.4, 0.5) is 5.82 Å². The number of hydrogen-bond donors (Lipinski definition) is 1. The molecule has 3 rings (SSSR count). The van der Waals surface area contributed by atoms with E-state index in [2.05, 4.69) is 4.98 Å². The van der Waals surface area contributed by atoms with Gasteiger partial charge in [0, 0.05) is 4.98 Å². The van der Waals surface area contributed by atoms with Crippen LogP contribution >= 0.6 is 0 Å². The lowest BCUT2D eigenvalue weighted by Gasteiger charge is -2.27. The number of nitrogens with zero attached hydrogens (tertiary/aromatic N) is 3. The van der Waals surface area contributed by atoms with Gasteiger partial charge in [0.25, 0.3) is 0 Å². The van der Waals surface area contributed by atoms with Gasteiger partial charge in [-0.25, -0.2) is 0 Å². The quantitative estimate of drug-likeness (QED) is 0.622. The maximum absolute atomic E-state index is 10.7. The molecule has 0 amide bonds. The average molecular weight is 335 g/mol. The Morgan fingerprint density at radius 2 is 2.21 bits per heavy atom. The summed E-state index contributed by atoms with van der Waals surface area (Å²) in [6.45, 7) is 0.672. The summed E-state index contributed by atoms with van der Waals surface area (Å²) in [5, 5.41) is 20.8. The van der Waals surface area contributed by atoms with Gasteiger partial charge in [-0.05, 0) is 22.6 Å². The second-order valence-corrected chi connectivity index (χ2v) is 5.38. The lowest BCUT2D eigenvalue weighted by atomic mass is 10.2. The molecule has 0 unspecified atom stereocenters. The third-order valence-corrected chi connectivity index (χ3v) is 3.69. The fourth-order valence-electron chi connectivity index (χ4n) is 2.39. The molecule has 24 heavy (non-hydrogen) atoms. The van der Waals surface area contributed by atoms with E-state index in [0.29, 0.717) is 6.61 Å². The van der Waals surface area contributed by atoms with Crippen LogP contribution in [0.15, 0.2) is 30.5 Å². The number of aliphatic hydroxyl groups is 1. The van der Waals surface area contributed by atoms with Crippen molar-refractivity contribution < 1.29 is 24.2 Å². The Balaban J connectivity index is 1.56. The second-order valence-electron chi connectivity index (χ2n) is 5.38. The molecular formula is C15H17N3O6. The lowest BCUT2D eigenvalue weighted by molar-refractivity contribution is -0.389. The predicted molar refractivity (Wildman–Crippen MR) is 82.0 cm³/mol. The number of aliphatic hydroxyl groups excluding tert-OH is 1. The monoisotopic (exact) mass is 335 g/mol. The highest BCUT2D eigenvalue weighted by Crippen LogP contribution is 2.24. The second kappa shape index (κ2) is 6.85. The predicted octanol–water partition coefficient (Wildman–Crippen LogP) is 1.14. The Bertz CT molecular complexity index is 714. The zero-order valence-electron chi connectivity index (χ0n) is 13.0. The van der Waals surface area contributed by atoms with E-state index in [9.17, 15) is 15.2 Å². The zero-order chi connectivity index (χ0) is 17.1. The van der Waals surface area contributed by atoms with Gasteiger partial charge in [0.05, 0.1) is 26.9 Å². The summed E-state index contributed by atoms with van der Waals surface area (Å²) in [5.74, 6) is 0.454. The van der Waals surface area contributed by atoms with Crippen molar-refractivity contribution in [2.75, 3.05) is 13.7 Å². The first-order chi connectivity index (χ1) is 11.6. The molecule has 1 N–H and O–H groups in total.